The van der Waals surface area contributed by atoms with E-state index in [0.29, 0.717) is 12.3 Å². The minimum Gasteiger partial charge on any atom is -0.370 e. The maximum absolute atomic E-state index is 12.3. The van der Waals surface area contributed by atoms with Crippen LogP contribution in [0.1, 0.15) is 56.9 Å². The number of nitrogens with zero attached hydrogens (tertiary/aromatic N) is 3. The summed E-state index contributed by atoms with van der Waals surface area (Å²) in [6.07, 6.45) is 6.53. The van der Waals surface area contributed by atoms with Gasteiger partial charge in [-0.05, 0) is 50.0 Å². The highest BCUT2D eigenvalue weighted by Crippen LogP contribution is 2.26. The largest absolute Gasteiger partial charge is 0.370 e. The molecule has 7 heteroatoms. The Morgan fingerprint density at radius 1 is 1.43 bits per heavy atom. The molecule has 0 aromatic carbocycles. The number of amides is 1. The summed E-state index contributed by atoms with van der Waals surface area (Å²) in [6, 6.07) is 6.22. The van der Waals surface area contributed by atoms with Crippen molar-refractivity contribution in [3.05, 3.63) is 34.8 Å². The van der Waals surface area contributed by atoms with Crippen LogP contribution in [-0.4, -0.2) is 35.5 Å². The highest BCUT2D eigenvalue weighted by atomic mass is 32.1. The Morgan fingerprint density at radius 2 is 2.32 bits per heavy atom. The number of piperidine rings is 1. The van der Waals surface area contributed by atoms with Crippen molar-refractivity contribution in [1.82, 2.24) is 15.3 Å². The molecule has 3 rings (SSSR count). The molecule has 152 valence electrons. The van der Waals surface area contributed by atoms with Gasteiger partial charge in [-0.15, -0.1) is 11.3 Å². The second kappa shape index (κ2) is 10.4. The molecule has 1 saturated heterocycles. The topological polar surface area (TPSA) is 70.2 Å². The van der Waals surface area contributed by atoms with E-state index in [1.165, 1.54) is 11.3 Å². The first-order chi connectivity index (χ1) is 13.7. The number of anilines is 2. The van der Waals surface area contributed by atoms with Gasteiger partial charge in [0.25, 0.3) is 0 Å². The molecule has 2 N–H and O–H groups in total. The lowest BCUT2D eigenvalue weighted by molar-refractivity contribution is -0.122. The first-order valence-corrected chi connectivity index (χ1v) is 11.2. The fraction of sp³-hybridized carbons (Fsp3) is 0.571. The Hall–Kier alpha value is -2.15. The van der Waals surface area contributed by atoms with E-state index in [0.717, 1.165) is 50.5 Å². The Bertz CT molecular complexity index is 736. The molecule has 0 unspecified atom stereocenters. The van der Waals surface area contributed by atoms with Gasteiger partial charge in [0.1, 0.15) is 18.0 Å². The summed E-state index contributed by atoms with van der Waals surface area (Å²) in [6.45, 7) is 7.07. The third kappa shape index (κ3) is 5.92. The Kier molecular flexibility index (Phi) is 7.65. The van der Waals surface area contributed by atoms with E-state index < -0.39 is 0 Å². The van der Waals surface area contributed by atoms with E-state index >= 15 is 0 Å². The molecule has 0 aliphatic carbocycles. The lowest BCUT2D eigenvalue weighted by Crippen LogP contribution is -2.36. The van der Waals surface area contributed by atoms with Gasteiger partial charge in [-0.1, -0.05) is 13.0 Å². The monoisotopic (exact) mass is 401 g/mol. The highest BCUT2D eigenvalue weighted by Gasteiger charge is 2.22. The molecule has 1 aliphatic rings. The van der Waals surface area contributed by atoms with Crippen LogP contribution in [0, 0.1) is 5.92 Å². The predicted octanol–water partition coefficient (Wildman–Crippen LogP) is 4.23. The van der Waals surface area contributed by atoms with Crippen LogP contribution in [0.5, 0.6) is 0 Å². The Morgan fingerprint density at radius 3 is 3.11 bits per heavy atom. The third-order valence-electron chi connectivity index (χ3n) is 5.18. The van der Waals surface area contributed by atoms with Gasteiger partial charge in [-0.2, -0.15) is 0 Å². The summed E-state index contributed by atoms with van der Waals surface area (Å²) in [4.78, 5) is 24.6. The number of rotatable bonds is 9. The van der Waals surface area contributed by atoms with Crippen LogP contribution in [-0.2, 0) is 4.79 Å². The first kappa shape index (κ1) is 20.6. The lowest BCUT2D eigenvalue weighted by Gasteiger charge is -2.33. The van der Waals surface area contributed by atoms with Crippen molar-refractivity contribution in [3.8, 4) is 0 Å². The number of carbonyl (C=O) groups excluding carboxylic acids is 1. The van der Waals surface area contributed by atoms with Crippen LogP contribution in [0.3, 0.4) is 0 Å². The van der Waals surface area contributed by atoms with Gasteiger partial charge < -0.3 is 15.5 Å². The van der Waals surface area contributed by atoms with Gasteiger partial charge in [0, 0.05) is 37.0 Å². The predicted molar refractivity (Wildman–Crippen MR) is 116 cm³/mol. The number of thiophene rings is 1. The molecule has 1 amide bonds. The second-order valence-electron chi connectivity index (χ2n) is 7.49. The quantitative estimate of drug-likeness (QED) is 0.658. The van der Waals surface area contributed by atoms with Crippen LogP contribution in [0.2, 0.25) is 0 Å². The lowest BCUT2D eigenvalue weighted by atomic mass is 9.93. The Balaban J connectivity index is 1.47. The molecule has 3 heterocycles. The third-order valence-corrected chi connectivity index (χ3v) is 6.23. The van der Waals surface area contributed by atoms with Gasteiger partial charge in [-0.25, -0.2) is 9.97 Å². The van der Waals surface area contributed by atoms with E-state index in [1.807, 2.05) is 24.4 Å². The fourth-order valence-corrected chi connectivity index (χ4v) is 4.37. The van der Waals surface area contributed by atoms with Gasteiger partial charge in [0.2, 0.25) is 5.91 Å². The van der Waals surface area contributed by atoms with Gasteiger partial charge in [-0.3, -0.25) is 4.79 Å². The van der Waals surface area contributed by atoms with Crippen LogP contribution in [0.25, 0.3) is 0 Å². The van der Waals surface area contributed by atoms with Crippen LogP contribution in [0.4, 0.5) is 11.6 Å². The molecule has 0 bridgehead atoms. The van der Waals surface area contributed by atoms with Crippen molar-refractivity contribution in [2.45, 2.75) is 52.0 Å². The molecule has 0 saturated carbocycles. The summed E-state index contributed by atoms with van der Waals surface area (Å²) < 4.78 is 0. The van der Waals surface area contributed by atoms with Crippen molar-refractivity contribution in [1.29, 1.82) is 0 Å². The van der Waals surface area contributed by atoms with Crippen molar-refractivity contribution >= 4 is 28.9 Å². The number of hydrogen-bond donors (Lipinski definition) is 2. The normalized spacial score (nSPS) is 17.9. The highest BCUT2D eigenvalue weighted by molar-refractivity contribution is 7.10. The maximum Gasteiger partial charge on any atom is 0.220 e. The summed E-state index contributed by atoms with van der Waals surface area (Å²) in [7, 11) is 0. The van der Waals surface area contributed by atoms with Crippen molar-refractivity contribution in [3.63, 3.8) is 0 Å². The summed E-state index contributed by atoms with van der Waals surface area (Å²) in [5.41, 5.74) is 0. The molecule has 2 atom stereocenters. The fourth-order valence-electron chi connectivity index (χ4n) is 3.64. The Labute approximate surface area is 171 Å². The van der Waals surface area contributed by atoms with E-state index in [9.17, 15) is 4.79 Å². The van der Waals surface area contributed by atoms with E-state index in [2.05, 4.69) is 38.5 Å². The maximum atomic E-state index is 12.3. The summed E-state index contributed by atoms with van der Waals surface area (Å²) in [5.74, 6) is 2.54. The molecule has 2 aromatic rings. The molecule has 6 nitrogen and oxygen atoms in total. The number of hydrogen-bond acceptors (Lipinski definition) is 6. The minimum absolute atomic E-state index is 0.0883. The molecule has 0 spiro atoms. The second-order valence-corrected chi connectivity index (χ2v) is 8.47. The first-order valence-electron chi connectivity index (χ1n) is 10.3. The molecular weight excluding hydrogens is 370 g/mol. The molecule has 1 fully saturated rings. The number of nitrogens with one attached hydrogen (secondary N) is 2. The van der Waals surface area contributed by atoms with Crippen molar-refractivity contribution in [2.75, 3.05) is 29.9 Å². The molecule has 1 aliphatic heterocycles. The van der Waals surface area contributed by atoms with Gasteiger partial charge in [0.05, 0.1) is 6.04 Å². The summed E-state index contributed by atoms with van der Waals surface area (Å²) >= 11 is 1.68. The zero-order valence-corrected chi connectivity index (χ0v) is 17.7. The molecule has 28 heavy (non-hydrogen) atoms. The van der Waals surface area contributed by atoms with Crippen molar-refractivity contribution in [2.24, 2.45) is 5.92 Å². The number of carbonyl (C=O) groups is 1. The zero-order chi connectivity index (χ0) is 19.8. The number of aromatic nitrogens is 2. The summed E-state index contributed by atoms with van der Waals surface area (Å²) in [5, 5.41) is 8.49. The van der Waals surface area contributed by atoms with E-state index in [-0.39, 0.29) is 11.9 Å². The minimum atomic E-state index is 0.0883. The molecule has 0 radical (unpaired) electrons. The van der Waals surface area contributed by atoms with E-state index in [4.69, 9.17) is 0 Å². The zero-order valence-electron chi connectivity index (χ0n) is 16.9. The van der Waals surface area contributed by atoms with Gasteiger partial charge >= 0.3 is 0 Å². The molecule has 2 aromatic heterocycles. The average molecular weight is 402 g/mol. The average Bonchev–Trinajstić information content (AvgIpc) is 3.26. The van der Waals surface area contributed by atoms with Crippen LogP contribution in [0.15, 0.2) is 29.9 Å². The SMILES string of the molecule is CCCNc1cc(N2CCC[C@@H](CCC(=O)N[C@@H](C)c3cccs3)C2)ncn1. The smallest absolute Gasteiger partial charge is 0.220 e. The standard InChI is InChI=1S/C21H31N5OS/c1-3-10-22-19-13-20(24-15-23-19)26-11-4-6-17(14-26)8-9-21(27)25-16(2)18-7-5-12-28-18/h5,7,12-13,15-17H,3-4,6,8-11,14H2,1-2H3,(H,25,27)(H,22,23,24)/t16-,17-/m0/s1. The van der Waals surface area contributed by atoms with Gasteiger partial charge in [0.15, 0.2) is 0 Å². The van der Waals surface area contributed by atoms with Crippen LogP contribution >= 0.6 is 11.3 Å². The molecular formula is C21H31N5OS. The van der Waals surface area contributed by atoms with Crippen molar-refractivity contribution < 1.29 is 4.79 Å². The van der Waals surface area contributed by atoms with E-state index in [1.54, 1.807) is 17.7 Å². The van der Waals surface area contributed by atoms with Crippen LogP contribution < -0.4 is 15.5 Å².